The van der Waals surface area contributed by atoms with Crippen molar-refractivity contribution >= 4 is 29.1 Å². The van der Waals surface area contributed by atoms with Crippen LogP contribution in [-0.4, -0.2) is 74.5 Å². The van der Waals surface area contributed by atoms with Gasteiger partial charge in [-0.2, -0.15) is 0 Å². The van der Waals surface area contributed by atoms with Crippen molar-refractivity contribution in [2.24, 2.45) is 17.6 Å². The van der Waals surface area contributed by atoms with Crippen molar-refractivity contribution in [3.63, 3.8) is 0 Å². The predicted octanol–water partition coefficient (Wildman–Crippen LogP) is 1.57. The summed E-state index contributed by atoms with van der Waals surface area (Å²) in [6, 6.07) is 3.09. The second-order valence-corrected chi connectivity index (χ2v) is 8.86. The predicted molar refractivity (Wildman–Crippen MR) is 122 cm³/mol. The molecule has 31 heavy (non-hydrogen) atoms. The zero-order valence-electron chi connectivity index (χ0n) is 18.2. The van der Waals surface area contributed by atoms with Gasteiger partial charge in [0.25, 0.3) is 5.91 Å². The fraction of sp³-hybridized carbons (Fsp3) is 0.636. The van der Waals surface area contributed by atoms with Crippen LogP contribution in [0.2, 0.25) is 5.02 Å². The van der Waals surface area contributed by atoms with Crippen LogP contribution in [0, 0.1) is 11.8 Å². The lowest BCUT2D eigenvalue weighted by atomic mass is 9.92. The van der Waals surface area contributed by atoms with Gasteiger partial charge in [0, 0.05) is 44.7 Å². The van der Waals surface area contributed by atoms with Gasteiger partial charge >= 0.3 is 0 Å². The molecule has 9 heteroatoms. The van der Waals surface area contributed by atoms with Crippen LogP contribution in [0.4, 0.5) is 5.69 Å². The molecule has 172 valence electrons. The lowest BCUT2D eigenvalue weighted by Crippen LogP contribution is -2.47. The van der Waals surface area contributed by atoms with Crippen LogP contribution in [-0.2, 0) is 4.79 Å². The van der Waals surface area contributed by atoms with Crippen LogP contribution in [0.15, 0.2) is 12.1 Å². The van der Waals surface area contributed by atoms with E-state index >= 15 is 0 Å². The van der Waals surface area contributed by atoms with Gasteiger partial charge in [-0.15, -0.1) is 0 Å². The molecule has 2 aliphatic heterocycles. The number of anilines is 1. The first kappa shape index (κ1) is 23.6. The van der Waals surface area contributed by atoms with Gasteiger partial charge in [-0.3, -0.25) is 9.59 Å². The molecule has 0 spiro atoms. The van der Waals surface area contributed by atoms with Crippen molar-refractivity contribution in [1.29, 1.82) is 0 Å². The number of amides is 2. The molecule has 2 saturated heterocycles. The third-order valence-electron chi connectivity index (χ3n) is 6.42. The van der Waals surface area contributed by atoms with Crippen LogP contribution >= 0.6 is 11.6 Å². The van der Waals surface area contributed by atoms with Gasteiger partial charge in [-0.25, -0.2) is 0 Å². The molecule has 5 N–H and O–H groups in total. The highest BCUT2D eigenvalue weighted by molar-refractivity contribution is 6.33. The normalized spacial score (nSPS) is 18.7. The summed E-state index contributed by atoms with van der Waals surface area (Å²) in [4.78, 5) is 29.8. The zero-order valence-corrected chi connectivity index (χ0v) is 19.0. The molecule has 3 rings (SSSR count). The number of halogens is 1. The molecule has 0 unspecified atom stereocenters. The Kier molecular flexibility index (Phi) is 8.40. The highest BCUT2D eigenvalue weighted by Gasteiger charge is 2.31. The fourth-order valence-electron chi connectivity index (χ4n) is 4.45. The highest BCUT2D eigenvalue weighted by atomic mass is 35.5. The summed E-state index contributed by atoms with van der Waals surface area (Å²) in [5, 5.41) is 3.30. The van der Waals surface area contributed by atoms with Crippen molar-refractivity contribution in [2.45, 2.75) is 25.7 Å². The summed E-state index contributed by atoms with van der Waals surface area (Å²) < 4.78 is 5.26. The Morgan fingerprint density at radius 2 is 1.84 bits per heavy atom. The van der Waals surface area contributed by atoms with Crippen LogP contribution < -0.4 is 21.5 Å². The van der Waals surface area contributed by atoms with E-state index in [1.165, 1.54) is 13.2 Å². The lowest BCUT2D eigenvalue weighted by molar-refractivity contribution is -0.138. The van der Waals surface area contributed by atoms with Gasteiger partial charge in [-0.1, -0.05) is 11.6 Å². The summed E-state index contributed by atoms with van der Waals surface area (Å²) in [7, 11) is 1.49. The molecule has 0 atom stereocenters. The number of hydrogen-bond acceptors (Lipinski definition) is 6. The number of ether oxygens (including phenoxy) is 1. The fourth-order valence-corrected chi connectivity index (χ4v) is 4.61. The monoisotopic (exact) mass is 451 g/mol. The van der Waals surface area contributed by atoms with Crippen molar-refractivity contribution in [3.8, 4) is 5.75 Å². The summed E-state index contributed by atoms with van der Waals surface area (Å²) >= 11 is 6.06. The second-order valence-electron chi connectivity index (χ2n) is 8.46. The molecule has 2 aliphatic rings. The first-order chi connectivity index (χ1) is 14.9. The van der Waals surface area contributed by atoms with E-state index in [0.717, 1.165) is 58.4 Å². The van der Waals surface area contributed by atoms with Crippen molar-refractivity contribution in [2.75, 3.05) is 58.7 Å². The van der Waals surface area contributed by atoms with E-state index in [1.807, 2.05) is 4.90 Å². The second kappa shape index (κ2) is 11.0. The van der Waals surface area contributed by atoms with Crippen molar-refractivity contribution in [1.82, 2.24) is 15.1 Å². The largest absolute Gasteiger partial charge is 0.496 e. The molecule has 2 fully saturated rings. The summed E-state index contributed by atoms with van der Waals surface area (Å²) in [6.45, 7) is 5.54. The molecule has 0 radical (unpaired) electrons. The Hall–Kier alpha value is -2.03. The van der Waals surface area contributed by atoms with Gasteiger partial charge in [0.1, 0.15) is 5.75 Å². The van der Waals surface area contributed by atoms with Gasteiger partial charge in [0.15, 0.2) is 0 Å². The minimum Gasteiger partial charge on any atom is -0.496 e. The van der Waals surface area contributed by atoms with E-state index in [9.17, 15) is 9.59 Å². The molecule has 2 amide bonds. The van der Waals surface area contributed by atoms with E-state index in [0.29, 0.717) is 41.0 Å². The number of carbonyl (C=O) groups excluding carboxylic acids is 2. The van der Waals surface area contributed by atoms with Crippen LogP contribution in [0.5, 0.6) is 5.75 Å². The third-order valence-corrected chi connectivity index (χ3v) is 6.75. The Morgan fingerprint density at radius 1 is 1.16 bits per heavy atom. The minimum atomic E-state index is -0.235. The average molecular weight is 452 g/mol. The van der Waals surface area contributed by atoms with Gasteiger partial charge < -0.3 is 31.3 Å². The number of nitrogen functional groups attached to an aromatic ring is 1. The summed E-state index contributed by atoms with van der Waals surface area (Å²) in [5.74, 6) is 0.928. The molecule has 0 saturated carbocycles. The zero-order chi connectivity index (χ0) is 22.4. The Bertz CT molecular complexity index is 775. The first-order valence-electron chi connectivity index (χ1n) is 11.0. The maximum Gasteiger partial charge on any atom is 0.255 e. The molecule has 0 bridgehead atoms. The van der Waals surface area contributed by atoms with Crippen LogP contribution in [0.25, 0.3) is 0 Å². The van der Waals surface area contributed by atoms with Crippen molar-refractivity contribution < 1.29 is 14.3 Å². The number of rotatable bonds is 7. The number of nitrogens with one attached hydrogen (secondary N) is 1. The van der Waals surface area contributed by atoms with E-state index in [2.05, 4.69) is 10.2 Å². The molecular formula is C22H34ClN5O3. The SMILES string of the molecule is COc1cc(N)c(Cl)cc1C(=O)NCC1CCN(C(=O)C2CCN(CCN)CC2)CC1. The molecule has 2 heterocycles. The van der Waals surface area contributed by atoms with E-state index in [1.54, 1.807) is 6.07 Å². The number of likely N-dealkylation sites (tertiary alicyclic amines) is 2. The Balaban J connectivity index is 1.44. The molecule has 1 aromatic carbocycles. The average Bonchev–Trinajstić information content (AvgIpc) is 2.79. The Labute approximate surface area is 189 Å². The number of hydrogen-bond donors (Lipinski definition) is 3. The number of piperidine rings is 2. The van der Waals surface area contributed by atoms with E-state index in [-0.39, 0.29) is 17.7 Å². The molecule has 0 aliphatic carbocycles. The Morgan fingerprint density at radius 3 is 2.45 bits per heavy atom. The third kappa shape index (κ3) is 6.02. The molecular weight excluding hydrogens is 418 g/mol. The summed E-state index contributed by atoms with van der Waals surface area (Å²) in [5.41, 5.74) is 12.2. The lowest BCUT2D eigenvalue weighted by Gasteiger charge is -2.37. The van der Waals surface area contributed by atoms with Gasteiger partial charge in [-0.05, 0) is 50.8 Å². The number of methoxy groups -OCH3 is 1. The number of nitrogens with two attached hydrogens (primary N) is 2. The first-order valence-corrected chi connectivity index (χ1v) is 11.4. The maximum absolute atomic E-state index is 12.9. The smallest absolute Gasteiger partial charge is 0.255 e. The standard InChI is InChI=1S/C22H34ClN5O3/c1-31-20-13-19(25)18(23)12-17(20)21(29)26-14-15-2-9-28(10-3-15)22(30)16-4-7-27(8-5-16)11-6-24/h12-13,15-16H,2-11,14,24-25H2,1H3,(H,26,29). The van der Waals surface area contributed by atoms with E-state index in [4.69, 9.17) is 27.8 Å². The van der Waals surface area contributed by atoms with Crippen LogP contribution in [0.1, 0.15) is 36.0 Å². The minimum absolute atomic E-state index is 0.132. The number of carbonyl (C=O) groups is 2. The number of nitrogens with zero attached hydrogens (tertiary/aromatic N) is 2. The maximum atomic E-state index is 12.9. The summed E-state index contributed by atoms with van der Waals surface area (Å²) in [6.07, 6.45) is 3.61. The quantitative estimate of drug-likeness (QED) is 0.542. The van der Waals surface area contributed by atoms with Crippen LogP contribution in [0.3, 0.4) is 0 Å². The molecule has 8 nitrogen and oxygen atoms in total. The molecule has 1 aromatic rings. The highest BCUT2D eigenvalue weighted by Crippen LogP contribution is 2.29. The van der Waals surface area contributed by atoms with E-state index < -0.39 is 0 Å². The topological polar surface area (TPSA) is 114 Å². The van der Waals surface area contributed by atoms with Gasteiger partial charge in [0.2, 0.25) is 5.91 Å². The van der Waals surface area contributed by atoms with Crippen molar-refractivity contribution in [3.05, 3.63) is 22.7 Å². The van der Waals surface area contributed by atoms with Gasteiger partial charge in [0.05, 0.1) is 23.4 Å². The molecule has 0 aromatic heterocycles. The number of benzene rings is 1.